The van der Waals surface area contributed by atoms with E-state index in [1.165, 1.54) is 16.4 Å². The third-order valence-corrected chi connectivity index (χ3v) is 4.05. The van der Waals surface area contributed by atoms with Gasteiger partial charge in [0.2, 0.25) is 5.16 Å². The first-order valence-electron chi connectivity index (χ1n) is 5.58. The zero-order valence-corrected chi connectivity index (χ0v) is 11.9. The highest BCUT2D eigenvalue weighted by Gasteiger charge is 2.18. The molecule has 8 heteroatoms. The number of thioether (sulfide) groups is 1. The Bertz CT molecular complexity index is 405. The van der Waals surface area contributed by atoms with E-state index in [2.05, 4.69) is 9.36 Å². The fraction of sp³-hybridized carbons (Fsp3) is 0.700. The standard InChI is InChI=1S/C10H15N3O3S2/c1-13(2)10(14)17-8-11-9(18-12-8)16-6-7-3-4-15-5-7/h7H,3-6H2,1-2H3. The second kappa shape index (κ2) is 6.35. The predicted molar refractivity (Wildman–Crippen MR) is 69.3 cm³/mol. The van der Waals surface area contributed by atoms with Gasteiger partial charge in [-0.25, -0.2) is 0 Å². The van der Waals surface area contributed by atoms with Crippen LogP contribution in [0.4, 0.5) is 4.79 Å². The Balaban J connectivity index is 1.80. The lowest BCUT2D eigenvalue weighted by Gasteiger charge is -2.07. The summed E-state index contributed by atoms with van der Waals surface area (Å²) in [5.74, 6) is 0.438. The first-order valence-corrected chi connectivity index (χ1v) is 7.17. The van der Waals surface area contributed by atoms with Crippen LogP contribution in [-0.2, 0) is 4.74 Å². The Labute approximate surface area is 114 Å². The maximum absolute atomic E-state index is 11.4. The number of aromatic nitrogens is 2. The van der Waals surface area contributed by atoms with Crippen LogP contribution in [-0.4, -0.2) is 53.4 Å². The highest BCUT2D eigenvalue weighted by atomic mass is 32.2. The van der Waals surface area contributed by atoms with E-state index in [4.69, 9.17) is 9.47 Å². The van der Waals surface area contributed by atoms with Crippen molar-refractivity contribution in [1.29, 1.82) is 0 Å². The summed E-state index contributed by atoms with van der Waals surface area (Å²) in [7, 11) is 3.39. The van der Waals surface area contributed by atoms with Gasteiger partial charge in [0.1, 0.15) is 0 Å². The third-order valence-electron chi connectivity index (χ3n) is 2.40. The van der Waals surface area contributed by atoms with Gasteiger partial charge in [0.25, 0.3) is 10.4 Å². The van der Waals surface area contributed by atoms with Gasteiger partial charge < -0.3 is 14.4 Å². The Kier molecular flexibility index (Phi) is 4.79. The summed E-state index contributed by atoms with van der Waals surface area (Å²) in [6, 6.07) is 0. The number of amides is 1. The summed E-state index contributed by atoms with van der Waals surface area (Å²) in [4.78, 5) is 17.1. The molecule has 2 heterocycles. The van der Waals surface area contributed by atoms with E-state index < -0.39 is 0 Å². The fourth-order valence-electron chi connectivity index (χ4n) is 1.37. The van der Waals surface area contributed by atoms with Crippen LogP contribution < -0.4 is 4.74 Å². The Morgan fingerprint density at radius 2 is 2.50 bits per heavy atom. The van der Waals surface area contributed by atoms with Crippen molar-refractivity contribution in [3.63, 3.8) is 0 Å². The maximum atomic E-state index is 11.4. The summed E-state index contributed by atoms with van der Waals surface area (Å²) in [6.45, 7) is 2.16. The molecule has 1 unspecified atom stereocenters. The number of nitrogens with zero attached hydrogens (tertiary/aromatic N) is 3. The van der Waals surface area contributed by atoms with Crippen molar-refractivity contribution in [2.75, 3.05) is 33.9 Å². The summed E-state index contributed by atoms with van der Waals surface area (Å²) >= 11 is 2.17. The molecular weight excluding hydrogens is 274 g/mol. The number of carbonyl (C=O) groups excluding carboxylic acids is 1. The van der Waals surface area contributed by atoms with Gasteiger partial charge in [-0.1, -0.05) is 0 Å². The molecule has 1 aromatic heterocycles. The molecule has 0 spiro atoms. The van der Waals surface area contributed by atoms with Crippen molar-refractivity contribution in [1.82, 2.24) is 14.3 Å². The number of rotatable bonds is 4. The molecular formula is C10H15N3O3S2. The number of hydrogen-bond acceptors (Lipinski definition) is 7. The van der Waals surface area contributed by atoms with Crippen LogP contribution in [0.3, 0.4) is 0 Å². The van der Waals surface area contributed by atoms with Gasteiger partial charge in [0, 0.05) is 49.9 Å². The molecule has 1 aliphatic heterocycles. The molecule has 2 rings (SSSR count). The Morgan fingerprint density at radius 1 is 1.67 bits per heavy atom. The molecule has 0 radical (unpaired) electrons. The van der Waals surface area contributed by atoms with Crippen molar-refractivity contribution in [2.45, 2.75) is 11.6 Å². The quantitative estimate of drug-likeness (QED) is 0.787. The molecule has 0 saturated carbocycles. The second-order valence-electron chi connectivity index (χ2n) is 4.15. The summed E-state index contributed by atoms with van der Waals surface area (Å²) < 4.78 is 14.9. The first-order chi connectivity index (χ1) is 8.65. The molecule has 18 heavy (non-hydrogen) atoms. The van der Waals surface area contributed by atoms with E-state index in [1.54, 1.807) is 14.1 Å². The molecule has 1 fully saturated rings. The van der Waals surface area contributed by atoms with Crippen molar-refractivity contribution in [3.8, 4) is 5.19 Å². The lowest BCUT2D eigenvalue weighted by molar-refractivity contribution is 0.167. The summed E-state index contributed by atoms with van der Waals surface area (Å²) in [5.41, 5.74) is 0. The first kappa shape index (κ1) is 13.6. The molecule has 0 aliphatic carbocycles. The van der Waals surface area contributed by atoms with Gasteiger partial charge >= 0.3 is 0 Å². The second-order valence-corrected chi connectivity index (χ2v) is 5.78. The molecule has 1 aliphatic rings. The molecule has 0 N–H and O–H groups in total. The average molecular weight is 289 g/mol. The van der Waals surface area contributed by atoms with Gasteiger partial charge in [-0.2, -0.15) is 9.36 Å². The molecule has 1 atom stereocenters. The van der Waals surface area contributed by atoms with Crippen LogP contribution in [0.1, 0.15) is 6.42 Å². The zero-order valence-electron chi connectivity index (χ0n) is 10.3. The molecule has 0 bridgehead atoms. The van der Waals surface area contributed by atoms with Crippen LogP contribution in [0.25, 0.3) is 0 Å². The Morgan fingerprint density at radius 3 is 3.17 bits per heavy atom. The fourth-order valence-corrected chi connectivity index (χ4v) is 2.60. The average Bonchev–Trinajstić information content (AvgIpc) is 2.96. The van der Waals surface area contributed by atoms with Crippen molar-refractivity contribution < 1.29 is 14.3 Å². The zero-order chi connectivity index (χ0) is 13.0. The number of hydrogen-bond donors (Lipinski definition) is 0. The molecule has 0 aromatic carbocycles. The largest absolute Gasteiger partial charge is 0.469 e. The van der Waals surface area contributed by atoms with Crippen molar-refractivity contribution >= 4 is 28.5 Å². The predicted octanol–water partition coefficient (Wildman–Crippen LogP) is 1.73. The number of carbonyl (C=O) groups is 1. The van der Waals surface area contributed by atoms with Gasteiger partial charge in [-0.15, -0.1) is 0 Å². The van der Waals surface area contributed by atoms with Gasteiger partial charge in [0.05, 0.1) is 13.2 Å². The molecule has 100 valence electrons. The third kappa shape index (κ3) is 3.82. The molecule has 6 nitrogen and oxygen atoms in total. The van der Waals surface area contributed by atoms with E-state index in [0.717, 1.165) is 31.4 Å². The van der Waals surface area contributed by atoms with Crippen LogP contribution in [0.2, 0.25) is 0 Å². The smallest absolute Gasteiger partial charge is 0.293 e. The summed E-state index contributed by atoms with van der Waals surface area (Å²) in [5, 5.41) is 0.857. The minimum atomic E-state index is -0.0939. The Hall–Kier alpha value is -0.860. The van der Waals surface area contributed by atoms with E-state index in [9.17, 15) is 4.79 Å². The van der Waals surface area contributed by atoms with Crippen molar-refractivity contribution in [2.24, 2.45) is 5.92 Å². The minimum Gasteiger partial charge on any atom is -0.469 e. The van der Waals surface area contributed by atoms with Crippen LogP contribution in [0.15, 0.2) is 5.16 Å². The normalized spacial score (nSPS) is 18.9. The van der Waals surface area contributed by atoms with Crippen LogP contribution >= 0.6 is 23.3 Å². The highest BCUT2D eigenvalue weighted by molar-refractivity contribution is 8.13. The lowest BCUT2D eigenvalue weighted by atomic mass is 10.1. The van der Waals surface area contributed by atoms with Gasteiger partial charge in [-0.05, 0) is 6.42 Å². The molecule has 1 saturated heterocycles. The molecule has 1 aromatic rings. The van der Waals surface area contributed by atoms with E-state index in [-0.39, 0.29) is 5.24 Å². The SMILES string of the molecule is CN(C)C(=O)Sc1nsc(OCC2CCOC2)n1. The van der Waals surface area contributed by atoms with E-state index in [0.29, 0.717) is 22.9 Å². The topological polar surface area (TPSA) is 64.6 Å². The van der Waals surface area contributed by atoms with Crippen molar-refractivity contribution in [3.05, 3.63) is 0 Å². The van der Waals surface area contributed by atoms with Gasteiger partial charge in [0.15, 0.2) is 0 Å². The van der Waals surface area contributed by atoms with E-state index in [1.807, 2.05) is 0 Å². The minimum absolute atomic E-state index is 0.0939. The monoisotopic (exact) mass is 289 g/mol. The molecule has 1 amide bonds. The maximum Gasteiger partial charge on any atom is 0.293 e. The van der Waals surface area contributed by atoms with Crippen LogP contribution in [0.5, 0.6) is 5.19 Å². The lowest BCUT2D eigenvalue weighted by Crippen LogP contribution is -2.16. The highest BCUT2D eigenvalue weighted by Crippen LogP contribution is 2.24. The summed E-state index contributed by atoms with van der Waals surface area (Å²) in [6.07, 6.45) is 1.03. The number of ether oxygens (including phenoxy) is 2. The van der Waals surface area contributed by atoms with Gasteiger partial charge in [-0.3, -0.25) is 4.79 Å². The van der Waals surface area contributed by atoms with E-state index >= 15 is 0 Å². The van der Waals surface area contributed by atoms with Crippen LogP contribution in [0, 0.1) is 5.92 Å².